The van der Waals surface area contributed by atoms with Gasteiger partial charge in [0.2, 0.25) is 0 Å². The Morgan fingerprint density at radius 2 is 2.25 bits per heavy atom. The van der Waals surface area contributed by atoms with Crippen molar-refractivity contribution in [3.8, 4) is 0 Å². The van der Waals surface area contributed by atoms with Gasteiger partial charge in [0.1, 0.15) is 0 Å². The van der Waals surface area contributed by atoms with E-state index in [-0.39, 0.29) is 0 Å². The molecular formula is C16H26N2OS. The van der Waals surface area contributed by atoms with Gasteiger partial charge in [0.25, 0.3) is 0 Å². The Labute approximate surface area is 126 Å². The average Bonchev–Trinajstić information content (AvgIpc) is 3.04. The minimum atomic E-state index is 0.469. The Kier molecular flexibility index (Phi) is 4.18. The van der Waals surface area contributed by atoms with Gasteiger partial charge in [-0.2, -0.15) is 0 Å². The molecule has 0 amide bonds. The van der Waals surface area contributed by atoms with E-state index in [9.17, 15) is 0 Å². The lowest BCUT2D eigenvalue weighted by Crippen LogP contribution is -2.35. The molecule has 3 nitrogen and oxygen atoms in total. The van der Waals surface area contributed by atoms with Gasteiger partial charge < -0.3 is 9.64 Å². The number of hydrogen-bond donors (Lipinski definition) is 0. The number of hydrogen-bond acceptors (Lipinski definition) is 4. The second-order valence-corrected chi connectivity index (χ2v) is 8.06. The van der Waals surface area contributed by atoms with Gasteiger partial charge in [-0.3, -0.25) is 4.90 Å². The molecule has 20 heavy (non-hydrogen) atoms. The van der Waals surface area contributed by atoms with E-state index in [1.165, 1.54) is 42.4 Å². The molecule has 0 saturated carbocycles. The van der Waals surface area contributed by atoms with Crippen LogP contribution in [-0.4, -0.2) is 56.7 Å². The fourth-order valence-electron chi connectivity index (χ4n) is 4.10. The third-order valence-corrected chi connectivity index (χ3v) is 5.98. The topological polar surface area (TPSA) is 15.7 Å². The summed E-state index contributed by atoms with van der Waals surface area (Å²) in [5, 5.41) is 0. The molecular weight excluding hydrogens is 268 g/mol. The lowest BCUT2D eigenvalue weighted by atomic mass is 9.78. The summed E-state index contributed by atoms with van der Waals surface area (Å²) in [6, 6.07) is 4.53. The van der Waals surface area contributed by atoms with Gasteiger partial charge in [-0.1, -0.05) is 0 Å². The SMILES string of the molecule is COC[C@@H]1CN(C)C[C@@]12CCN(Cc1ccc(C)s1)C2. The quantitative estimate of drug-likeness (QED) is 0.848. The molecule has 2 atom stereocenters. The van der Waals surface area contributed by atoms with E-state index in [1.807, 2.05) is 18.4 Å². The van der Waals surface area contributed by atoms with Crippen LogP contribution in [0.3, 0.4) is 0 Å². The van der Waals surface area contributed by atoms with Crippen molar-refractivity contribution < 1.29 is 4.74 Å². The van der Waals surface area contributed by atoms with Crippen molar-refractivity contribution in [2.45, 2.75) is 19.9 Å². The summed E-state index contributed by atoms with van der Waals surface area (Å²) >= 11 is 1.94. The molecule has 1 aromatic heterocycles. The highest BCUT2D eigenvalue weighted by molar-refractivity contribution is 7.11. The summed E-state index contributed by atoms with van der Waals surface area (Å²) in [5.41, 5.74) is 0.469. The molecule has 1 aromatic rings. The molecule has 4 heteroatoms. The molecule has 3 rings (SSSR count). The van der Waals surface area contributed by atoms with E-state index < -0.39 is 0 Å². The first-order valence-electron chi connectivity index (χ1n) is 7.56. The summed E-state index contributed by atoms with van der Waals surface area (Å²) in [5.74, 6) is 0.701. The van der Waals surface area contributed by atoms with Crippen LogP contribution in [0.4, 0.5) is 0 Å². The number of rotatable bonds is 4. The molecule has 0 N–H and O–H groups in total. The van der Waals surface area contributed by atoms with E-state index in [0.29, 0.717) is 11.3 Å². The first-order valence-corrected chi connectivity index (χ1v) is 8.38. The van der Waals surface area contributed by atoms with E-state index >= 15 is 0 Å². The Morgan fingerprint density at radius 1 is 1.40 bits per heavy atom. The van der Waals surface area contributed by atoms with E-state index in [2.05, 4.69) is 35.9 Å². The molecule has 1 spiro atoms. The third-order valence-electron chi connectivity index (χ3n) is 4.99. The molecule has 2 aliphatic rings. The standard InChI is InChI=1S/C16H26N2OS/c1-13-4-5-15(20-13)9-18-7-6-16(12-18)11-17(2)8-14(16)10-19-3/h4-5,14H,6-12H2,1-3H3/t14-,16+/m0/s1. The van der Waals surface area contributed by atoms with Crippen LogP contribution < -0.4 is 0 Å². The van der Waals surface area contributed by atoms with Gasteiger partial charge in [-0.25, -0.2) is 0 Å². The zero-order chi connectivity index (χ0) is 14.2. The number of likely N-dealkylation sites (tertiary alicyclic amines) is 2. The molecule has 0 bridgehead atoms. The number of ether oxygens (including phenoxy) is 1. The highest BCUT2D eigenvalue weighted by atomic mass is 32.1. The van der Waals surface area contributed by atoms with Crippen LogP contribution in [0.5, 0.6) is 0 Å². The third kappa shape index (κ3) is 2.80. The Hall–Kier alpha value is -0.420. The van der Waals surface area contributed by atoms with Crippen LogP contribution in [0.1, 0.15) is 16.2 Å². The molecule has 112 valence electrons. The van der Waals surface area contributed by atoms with Crippen LogP contribution >= 0.6 is 11.3 Å². The zero-order valence-corrected chi connectivity index (χ0v) is 13.7. The fourth-order valence-corrected chi connectivity index (χ4v) is 5.04. The van der Waals surface area contributed by atoms with Gasteiger partial charge in [-0.15, -0.1) is 11.3 Å². The van der Waals surface area contributed by atoms with Crippen LogP contribution in [0, 0.1) is 18.3 Å². The Morgan fingerprint density at radius 3 is 2.95 bits per heavy atom. The van der Waals surface area contributed by atoms with E-state index in [0.717, 1.165) is 13.2 Å². The van der Waals surface area contributed by atoms with Crippen molar-refractivity contribution in [2.24, 2.45) is 11.3 Å². The van der Waals surface area contributed by atoms with Gasteiger partial charge in [0.15, 0.2) is 0 Å². The van der Waals surface area contributed by atoms with Crippen LogP contribution in [0.25, 0.3) is 0 Å². The summed E-state index contributed by atoms with van der Waals surface area (Å²) < 4.78 is 5.47. The van der Waals surface area contributed by atoms with Gasteiger partial charge in [0.05, 0.1) is 6.61 Å². The maximum Gasteiger partial charge on any atom is 0.0509 e. The highest BCUT2D eigenvalue weighted by Crippen LogP contribution is 2.44. The van der Waals surface area contributed by atoms with Crippen LogP contribution in [0.2, 0.25) is 0 Å². The number of methoxy groups -OCH3 is 1. The van der Waals surface area contributed by atoms with Crippen molar-refractivity contribution in [3.05, 3.63) is 21.9 Å². The fraction of sp³-hybridized carbons (Fsp3) is 0.750. The predicted molar refractivity (Wildman–Crippen MR) is 84.2 cm³/mol. The van der Waals surface area contributed by atoms with E-state index in [4.69, 9.17) is 4.74 Å². The molecule has 0 aromatic carbocycles. The van der Waals surface area contributed by atoms with E-state index in [1.54, 1.807) is 0 Å². The second-order valence-electron chi connectivity index (χ2n) is 6.68. The molecule has 2 aliphatic heterocycles. The molecule has 2 fully saturated rings. The number of aryl methyl sites for hydroxylation is 1. The van der Waals surface area contributed by atoms with Crippen molar-refractivity contribution in [1.29, 1.82) is 0 Å². The van der Waals surface area contributed by atoms with Gasteiger partial charge >= 0.3 is 0 Å². The molecule has 0 unspecified atom stereocenters. The second kappa shape index (κ2) is 5.76. The van der Waals surface area contributed by atoms with Crippen LogP contribution in [-0.2, 0) is 11.3 Å². The Balaban J connectivity index is 1.65. The lowest BCUT2D eigenvalue weighted by Gasteiger charge is -2.30. The van der Waals surface area contributed by atoms with Crippen molar-refractivity contribution in [2.75, 3.05) is 46.9 Å². The normalized spacial score (nSPS) is 31.6. The monoisotopic (exact) mass is 294 g/mol. The minimum absolute atomic E-state index is 0.469. The average molecular weight is 294 g/mol. The Bertz CT molecular complexity index is 461. The molecule has 0 aliphatic carbocycles. The van der Waals surface area contributed by atoms with Crippen molar-refractivity contribution >= 4 is 11.3 Å². The molecule has 0 radical (unpaired) electrons. The first kappa shape index (κ1) is 14.5. The van der Waals surface area contributed by atoms with Crippen LogP contribution in [0.15, 0.2) is 12.1 Å². The van der Waals surface area contributed by atoms with Crippen molar-refractivity contribution in [3.63, 3.8) is 0 Å². The van der Waals surface area contributed by atoms with Gasteiger partial charge in [0, 0.05) is 54.4 Å². The predicted octanol–water partition coefficient (Wildman–Crippen LogP) is 2.46. The molecule has 3 heterocycles. The van der Waals surface area contributed by atoms with Gasteiger partial charge in [-0.05, 0) is 39.1 Å². The minimum Gasteiger partial charge on any atom is -0.384 e. The summed E-state index contributed by atoms with van der Waals surface area (Å²) in [6.45, 7) is 9.15. The zero-order valence-electron chi connectivity index (χ0n) is 12.9. The highest BCUT2D eigenvalue weighted by Gasteiger charge is 2.49. The maximum atomic E-state index is 5.47. The largest absolute Gasteiger partial charge is 0.384 e. The summed E-state index contributed by atoms with van der Waals surface area (Å²) in [6.07, 6.45) is 1.33. The molecule has 2 saturated heterocycles. The van der Waals surface area contributed by atoms with Crippen molar-refractivity contribution in [1.82, 2.24) is 9.80 Å². The summed E-state index contributed by atoms with van der Waals surface area (Å²) in [4.78, 5) is 8.07. The summed E-state index contributed by atoms with van der Waals surface area (Å²) in [7, 11) is 4.09. The first-order chi connectivity index (χ1) is 9.61. The smallest absolute Gasteiger partial charge is 0.0509 e. The maximum absolute atomic E-state index is 5.47. The number of thiophene rings is 1. The number of nitrogens with zero attached hydrogens (tertiary/aromatic N) is 2. The lowest BCUT2D eigenvalue weighted by molar-refractivity contribution is 0.0959.